The molecule has 1 saturated carbocycles. The molecule has 1 aromatic heterocycles. The molecule has 2 rings (SSSR count). The van der Waals surface area contributed by atoms with Gasteiger partial charge in [-0.1, -0.05) is 44.9 Å². The van der Waals surface area contributed by atoms with Crippen molar-refractivity contribution < 1.29 is 5.11 Å². The predicted molar refractivity (Wildman–Crippen MR) is 90.9 cm³/mol. The summed E-state index contributed by atoms with van der Waals surface area (Å²) in [6.45, 7) is 7.27. The van der Waals surface area contributed by atoms with Crippen LogP contribution >= 0.6 is 11.8 Å². The molecule has 6 heteroatoms. The summed E-state index contributed by atoms with van der Waals surface area (Å²) < 4.78 is 0. The Morgan fingerprint density at radius 2 is 1.95 bits per heavy atom. The van der Waals surface area contributed by atoms with Gasteiger partial charge in [-0.15, -0.1) is 0 Å². The molecule has 2 N–H and O–H groups in total. The van der Waals surface area contributed by atoms with Crippen molar-refractivity contribution in [2.75, 3.05) is 25.4 Å². The number of aromatic hydroxyl groups is 1. The zero-order chi connectivity index (χ0) is 15.9. The molecular formula is C16H27N3O2S. The summed E-state index contributed by atoms with van der Waals surface area (Å²) in [5, 5.41) is 10.7. The van der Waals surface area contributed by atoms with E-state index in [2.05, 4.69) is 28.7 Å². The average molecular weight is 325 g/mol. The molecule has 5 nitrogen and oxygen atoms in total. The van der Waals surface area contributed by atoms with Gasteiger partial charge < -0.3 is 15.0 Å². The molecule has 1 heterocycles. The minimum atomic E-state index is -0.162. The number of hydrogen-bond acceptors (Lipinski definition) is 5. The largest absolute Gasteiger partial charge is 0.493 e. The Balaban J connectivity index is 2.01. The van der Waals surface area contributed by atoms with Gasteiger partial charge in [-0.3, -0.25) is 4.79 Å². The van der Waals surface area contributed by atoms with E-state index in [-0.39, 0.29) is 17.4 Å². The summed E-state index contributed by atoms with van der Waals surface area (Å²) in [4.78, 5) is 21.7. The first-order valence-electron chi connectivity index (χ1n) is 8.34. The van der Waals surface area contributed by atoms with Crippen LogP contribution in [0.25, 0.3) is 0 Å². The van der Waals surface area contributed by atoms with Gasteiger partial charge in [0, 0.05) is 12.3 Å². The molecule has 1 aromatic rings. The van der Waals surface area contributed by atoms with E-state index in [1.54, 1.807) is 0 Å². The molecule has 0 amide bonds. The third kappa shape index (κ3) is 4.49. The van der Waals surface area contributed by atoms with Crippen LogP contribution in [0.2, 0.25) is 0 Å². The molecule has 0 atom stereocenters. The first-order valence-corrected chi connectivity index (χ1v) is 9.32. The van der Waals surface area contributed by atoms with Crippen molar-refractivity contribution >= 4 is 11.8 Å². The molecule has 0 aromatic carbocycles. The lowest BCUT2D eigenvalue weighted by Crippen LogP contribution is -2.25. The van der Waals surface area contributed by atoms with Crippen LogP contribution in [0.4, 0.5) is 0 Å². The van der Waals surface area contributed by atoms with Crippen molar-refractivity contribution in [3.63, 3.8) is 0 Å². The molecule has 124 valence electrons. The molecule has 0 saturated heterocycles. The van der Waals surface area contributed by atoms with Crippen molar-refractivity contribution in [1.29, 1.82) is 0 Å². The van der Waals surface area contributed by atoms with Gasteiger partial charge in [-0.2, -0.15) is 4.98 Å². The highest BCUT2D eigenvalue weighted by Gasteiger charge is 2.23. The molecular weight excluding hydrogens is 298 g/mol. The summed E-state index contributed by atoms with van der Waals surface area (Å²) >= 11 is 1.49. The summed E-state index contributed by atoms with van der Waals surface area (Å²) in [7, 11) is 0. The summed E-state index contributed by atoms with van der Waals surface area (Å²) in [6, 6.07) is 0. The fourth-order valence-corrected chi connectivity index (χ4v) is 3.95. The fraction of sp³-hybridized carbons (Fsp3) is 0.750. The van der Waals surface area contributed by atoms with Gasteiger partial charge in [0.05, 0.1) is 5.56 Å². The van der Waals surface area contributed by atoms with Gasteiger partial charge in [-0.05, 0) is 31.8 Å². The quantitative estimate of drug-likeness (QED) is 0.596. The Kier molecular flexibility index (Phi) is 6.76. The zero-order valence-electron chi connectivity index (χ0n) is 13.6. The minimum Gasteiger partial charge on any atom is -0.493 e. The third-order valence-electron chi connectivity index (χ3n) is 4.47. The van der Waals surface area contributed by atoms with Crippen LogP contribution in [0.3, 0.4) is 0 Å². The van der Waals surface area contributed by atoms with Gasteiger partial charge >= 0.3 is 0 Å². The molecule has 0 radical (unpaired) electrons. The highest BCUT2D eigenvalue weighted by molar-refractivity contribution is 7.99. The van der Waals surface area contributed by atoms with E-state index in [1.807, 2.05) is 0 Å². The molecule has 0 unspecified atom stereocenters. The first-order chi connectivity index (χ1) is 10.7. The van der Waals surface area contributed by atoms with Gasteiger partial charge in [0.2, 0.25) is 5.88 Å². The summed E-state index contributed by atoms with van der Waals surface area (Å²) in [6.07, 6.45) is 5.44. The predicted octanol–water partition coefficient (Wildman–Crippen LogP) is 2.96. The van der Waals surface area contributed by atoms with Gasteiger partial charge in [-0.25, -0.2) is 0 Å². The van der Waals surface area contributed by atoms with Crippen LogP contribution in [0.15, 0.2) is 9.95 Å². The van der Waals surface area contributed by atoms with Crippen LogP contribution in [0.1, 0.15) is 57.4 Å². The average Bonchev–Trinajstić information content (AvgIpc) is 2.52. The molecule has 0 spiro atoms. The summed E-state index contributed by atoms with van der Waals surface area (Å²) in [5.41, 5.74) is 0.331. The van der Waals surface area contributed by atoms with Crippen molar-refractivity contribution in [3.05, 3.63) is 15.9 Å². The monoisotopic (exact) mass is 325 g/mol. The van der Waals surface area contributed by atoms with E-state index in [9.17, 15) is 9.90 Å². The third-order valence-corrected chi connectivity index (χ3v) is 5.32. The second kappa shape index (κ2) is 8.58. The summed E-state index contributed by atoms with van der Waals surface area (Å²) in [5.74, 6) is 0.952. The SMILES string of the molecule is CCN(CC)CCSc1nc(O)c(C2CCCCC2)c(=O)[nH]1. The Bertz CT molecular complexity index is 523. The maximum Gasteiger partial charge on any atom is 0.258 e. The fourth-order valence-electron chi connectivity index (χ4n) is 3.09. The van der Waals surface area contributed by atoms with E-state index in [0.717, 1.165) is 51.1 Å². The lowest BCUT2D eigenvalue weighted by Gasteiger charge is -2.21. The van der Waals surface area contributed by atoms with E-state index in [1.165, 1.54) is 18.2 Å². The number of nitrogens with one attached hydrogen (secondary N) is 1. The smallest absolute Gasteiger partial charge is 0.258 e. The number of H-pyrrole nitrogens is 1. The lowest BCUT2D eigenvalue weighted by molar-refractivity contribution is 0.323. The van der Waals surface area contributed by atoms with Gasteiger partial charge in [0.15, 0.2) is 5.16 Å². The van der Waals surface area contributed by atoms with Crippen molar-refractivity contribution in [2.45, 2.75) is 57.0 Å². The number of rotatable bonds is 7. The first kappa shape index (κ1) is 17.3. The number of aromatic nitrogens is 2. The van der Waals surface area contributed by atoms with Crippen LogP contribution in [-0.4, -0.2) is 45.4 Å². The molecule has 1 fully saturated rings. The second-order valence-electron chi connectivity index (χ2n) is 5.82. The number of thioether (sulfide) groups is 1. The Labute approximate surface area is 136 Å². The van der Waals surface area contributed by atoms with Crippen LogP contribution in [0, 0.1) is 0 Å². The molecule has 0 aliphatic heterocycles. The number of hydrogen-bond donors (Lipinski definition) is 2. The van der Waals surface area contributed by atoms with E-state index >= 15 is 0 Å². The molecule has 1 aliphatic rings. The van der Waals surface area contributed by atoms with Crippen molar-refractivity contribution in [2.24, 2.45) is 0 Å². The number of aromatic amines is 1. The molecule has 1 aliphatic carbocycles. The normalized spacial score (nSPS) is 16.3. The lowest BCUT2D eigenvalue weighted by atomic mass is 9.85. The van der Waals surface area contributed by atoms with Gasteiger partial charge in [0.25, 0.3) is 5.56 Å². The van der Waals surface area contributed by atoms with E-state index < -0.39 is 0 Å². The number of nitrogens with zero attached hydrogens (tertiary/aromatic N) is 2. The van der Waals surface area contributed by atoms with Crippen molar-refractivity contribution in [3.8, 4) is 5.88 Å². The maximum absolute atomic E-state index is 12.3. The standard InChI is InChI=1S/C16H27N3O2S/c1-3-19(4-2)10-11-22-16-17-14(20)13(15(21)18-16)12-8-6-5-7-9-12/h12H,3-11H2,1-2H3,(H2,17,18,20,21). The van der Waals surface area contributed by atoms with E-state index in [0.29, 0.717) is 10.7 Å². The Hall–Kier alpha value is -1.01. The topological polar surface area (TPSA) is 69.2 Å². The van der Waals surface area contributed by atoms with Crippen LogP contribution in [0.5, 0.6) is 5.88 Å². The van der Waals surface area contributed by atoms with Crippen LogP contribution < -0.4 is 5.56 Å². The molecule has 0 bridgehead atoms. The molecule has 22 heavy (non-hydrogen) atoms. The van der Waals surface area contributed by atoms with Crippen molar-refractivity contribution in [1.82, 2.24) is 14.9 Å². The second-order valence-corrected chi connectivity index (χ2v) is 6.90. The van der Waals surface area contributed by atoms with Crippen LogP contribution in [-0.2, 0) is 0 Å². The Morgan fingerprint density at radius 1 is 1.27 bits per heavy atom. The van der Waals surface area contributed by atoms with Gasteiger partial charge in [0.1, 0.15) is 0 Å². The Morgan fingerprint density at radius 3 is 2.55 bits per heavy atom. The zero-order valence-corrected chi connectivity index (χ0v) is 14.4. The maximum atomic E-state index is 12.3. The highest BCUT2D eigenvalue weighted by Crippen LogP contribution is 2.34. The highest BCUT2D eigenvalue weighted by atomic mass is 32.2. The minimum absolute atomic E-state index is 0.0685. The van der Waals surface area contributed by atoms with E-state index in [4.69, 9.17) is 0 Å².